The maximum absolute atomic E-state index is 11.4. The number of nitrogens with zero attached hydrogens (tertiary/aromatic N) is 1. The zero-order valence-corrected chi connectivity index (χ0v) is 12.4. The van der Waals surface area contributed by atoms with E-state index in [0.717, 1.165) is 30.4 Å². The Balaban J connectivity index is 2.34. The molecule has 0 radical (unpaired) electrons. The minimum atomic E-state index is -0.495. The van der Waals surface area contributed by atoms with Gasteiger partial charge in [-0.15, -0.1) is 11.3 Å². The number of rotatable bonds is 3. The van der Waals surface area contributed by atoms with Gasteiger partial charge in [0.1, 0.15) is 15.6 Å². The molecule has 0 bridgehead atoms. The highest BCUT2D eigenvalue weighted by atomic mass is 32.1. The fourth-order valence-corrected chi connectivity index (χ4v) is 3.53. The summed E-state index contributed by atoms with van der Waals surface area (Å²) in [4.78, 5) is 14.0. The molecule has 1 aliphatic heterocycles. The van der Waals surface area contributed by atoms with Crippen molar-refractivity contribution >= 4 is 27.9 Å². The first-order chi connectivity index (χ1) is 8.95. The number of carbonyl (C=O) groups is 1. The molecule has 2 heterocycles. The van der Waals surface area contributed by atoms with Gasteiger partial charge in [0.05, 0.1) is 7.11 Å². The number of nitrogen functional groups attached to an aromatic ring is 1. The molecule has 5 nitrogen and oxygen atoms in total. The zero-order valence-electron chi connectivity index (χ0n) is 11.6. The van der Waals surface area contributed by atoms with Crippen molar-refractivity contribution in [2.45, 2.75) is 20.3 Å². The first kappa shape index (κ1) is 14.0. The third-order valence-corrected chi connectivity index (χ3v) is 5.19. The lowest BCUT2D eigenvalue weighted by Gasteiger charge is -2.36. The third-order valence-electron chi connectivity index (χ3n) is 3.93. The van der Waals surface area contributed by atoms with E-state index in [2.05, 4.69) is 18.7 Å². The van der Waals surface area contributed by atoms with Crippen LogP contribution in [-0.4, -0.2) is 26.1 Å². The lowest BCUT2D eigenvalue weighted by atomic mass is 9.89. The van der Waals surface area contributed by atoms with E-state index in [9.17, 15) is 4.79 Å². The predicted molar refractivity (Wildman–Crippen MR) is 79.0 cm³/mol. The van der Waals surface area contributed by atoms with Crippen LogP contribution in [0.15, 0.2) is 0 Å². The molecule has 4 N–H and O–H groups in total. The summed E-state index contributed by atoms with van der Waals surface area (Å²) in [6, 6.07) is 0. The largest absolute Gasteiger partial charge is 0.492 e. The highest BCUT2D eigenvalue weighted by Gasteiger charge is 2.29. The number of primary amides is 1. The van der Waals surface area contributed by atoms with E-state index in [4.69, 9.17) is 16.2 Å². The Bertz CT molecular complexity index is 486. The predicted octanol–water partition coefficient (Wildman–Crippen LogP) is 1.92. The van der Waals surface area contributed by atoms with E-state index < -0.39 is 5.91 Å². The van der Waals surface area contributed by atoms with Crippen molar-refractivity contribution in [1.29, 1.82) is 0 Å². The van der Waals surface area contributed by atoms with E-state index in [1.54, 1.807) is 7.11 Å². The minimum Gasteiger partial charge on any atom is -0.492 e. The maximum Gasteiger partial charge on any atom is 0.261 e. The molecule has 0 spiro atoms. The van der Waals surface area contributed by atoms with Crippen LogP contribution in [0.2, 0.25) is 0 Å². The summed E-state index contributed by atoms with van der Waals surface area (Å²) < 4.78 is 5.36. The Labute approximate surface area is 117 Å². The van der Waals surface area contributed by atoms with Crippen LogP contribution in [0.3, 0.4) is 0 Å². The van der Waals surface area contributed by atoms with Gasteiger partial charge in [-0.3, -0.25) is 4.79 Å². The lowest BCUT2D eigenvalue weighted by molar-refractivity contribution is 0.100. The van der Waals surface area contributed by atoms with E-state index in [1.807, 2.05) is 0 Å². The monoisotopic (exact) mass is 283 g/mol. The van der Waals surface area contributed by atoms with Gasteiger partial charge < -0.3 is 21.1 Å². The number of hydrogen-bond acceptors (Lipinski definition) is 5. The summed E-state index contributed by atoms with van der Waals surface area (Å²) in [5.74, 6) is 1.42. The number of nitrogens with two attached hydrogens (primary N) is 2. The van der Waals surface area contributed by atoms with Crippen LogP contribution in [0.1, 0.15) is 29.9 Å². The lowest BCUT2D eigenvalue weighted by Crippen LogP contribution is -2.38. The van der Waals surface area contributed by atoms with Crippen LogP contribution in [0, 0.1) is 11.8 Å². The van der Waals surface area contributed by atoms with Gasteiger partial charge in [0.2, 0.25) is 0 Å². The third kappa shape index (κ3) is 2.49. The average Bonchev–Trinajstić information content (AvgIpc) is 2.70. The van der Waals surface area contributed by atoms with Crippen molar-refractivity contribution in [3.63, 3.8) is 0 Å². The zero-order chi connectivity index (χ0) is 14.2. The van der Waals surface area contributed by atoms with Crippen molar-refractivity contribution < 1.29 is 9.53 Å². The second kappa shape index (κ2) is 5.28. The molecule has 2 unspecified atom stereocenters. The van der Waals surface area contributed by atoms with E-state index in [0.29, 0.717) is 22.2 Å². The molecule has 0 saturated carbocycles. The molecular formula is C13H21N3O2S. The molecule has 0 aromatic carbocycles. The Hall–Kier alpha value is -1.43. The van der Waals surface area contributed by atoms with Crippen molar-refractivity contribution in [3.05, 3.63) is 4.88 Å². The minimum absolute atomic E-state index is 0.362. The van der Waals surface area contributed by atoms with Gasteiger partial charge in [-0.2, -0.15) is 0 Å². The molecule has 1 aromatic heterocycles. The smallest absolute Gasteiger partial charge is 0.261 e. The van der Waals surface area contributed by atoms with Gasteiger partial charge in [-0.05, 0) is 18.3 Å². The summed E-state index contributed by atoms with van der Waals surface area (Å²) in [5.41, 5.74) is 11.7. The molecule has 2 rings (SSSR count). The van der Waals surface area contributed by atoms with Gasteiger partial charge >= 0.3 is 0 Å². The molecule has 1 saturated heterocycles. The van der Waals surface area contributed by atoms with Gasteiger partial charge in [0, 0.05) is 13.1 Å². The van der Waals surface area contributed by atoms with Crippen LogP contribution in [-0.2, 0) is 0 Å². The van der Waals surface area contributed by atoms with Crippen molar-refractivity contribution in [2.75, 3.05) is 30.8 Å². The summed E-state index contributed by atoms with van der Waals surface area (Å²) >= 11 is 1.33. The number of hydrogen-bond donors (Lipinski definition) is 2. The summed E-state index contributed by atoms with van der Waals surface area (Å²) in [5, 5.41) is 0.924. The van der Waals surface area contributed by atoms with Crippen LogP contribution >= 0.6 is 11.3 Å². The Morgan fingerprint density at radius 1 is 1.42 bits per heavy atom. The number of carbonyl (C=O) groups excluding carboxylic acids is 1. The number of ether oxygens (including phenoxy) is 1. The van der Waals surface area contributed by atoms with Crippen molar-refractivity contribution in [1.82, 2.24) is 0 Å². The molecule has 106 valence electrons. The topological polar surface area (TPSA) is 81.6 Å². The van der Waals surface area contributed by atoms with Crippen molar-refractivity contribution in [3.8, 4) is 5.75 Å². The quantitative estimate of drug-likeness (QED) is 0.888. The molecule has 0 aliphatic carbocycles. The van der Waals surface area contributed by atoms with Crippen LogP contribution < -0.4 is 21.1 Å². The van der Waals surface area contributed by atoms with Gasteiger partial charge in [-0.1, -0.05) is 13.8 Å². The highest BCUT2D eigenvalue weighted by Crippen LogP contribution is 2.45. The van der Waals surface area contributed by atoms with Crippen LogP contribution in [0.25, 0.3) is 0 Å². The van der Waals surface area contributed by atoms with Crippen LogP contribution in [0.4, 0.5) is 10.7 Å². The second-order valence-electron chi connectivity index (χ2n) is 5.24. The second-order valence-corrected chi connectivity index (χ2v) is 6.24. The molecule has 1 amide bonds. The Kier molecular flexibility index (Phi) is 3.89. The molecule has 19 heavy (non-hydrogen) atoms. The molecule has 6 heteroatoms. The van der Waals surface area contributed by atoms with E-state index in [1.165, 1.54) is 11.3 Å². The number of piperidine rings is 1. The number of anilines is 2. The molecule has 1 aliphatic rings. The average molecular weight is 283 g/mol. The van der Waals surface area contributed by atoms with E-state index >= 15 is 0 Å². The molecular weight excluding hydrogens is 262 g/mol. The Morgan fingerprint density at radius 2 is 2.11 bits per heavy atom. The maximum atomic E-state index is 11.4. The van der Waals surface area contributed by atoms with Gasteiger partial charge in [0.25, 0.3) is 5.91 Å². The van der Waals surface area contributed by atoms with E-state index in [-0.39, 0.29) is 0 Å². The first-order valence-corrected chi connectivity index (χ1v) is 7.28. The highest BCUT2D eigenvalue weighted by molar-refractivity contribution is 7.19. The number of methoxy groups -OCH3 is 1. The molecule has 1 aromatic rings. The fraction of sp³-hybridized carbons (Fsp3) is 0.615. The molecule has 1 fully saturated rings. The molecule has 2 atom stereocenters. The first-order valence-electron chi connectivity index (χ1n) is 6.46. The summed E-state index contributed by atoms with van der Waals surface area (Å²) in [7, 11) is 1.57. The fourth-order valence-electron chi connectivity index (χ4n) is 2.45. The van der Waals surface area contributed by atoms with Gasteiger partial charge in [0.15, 0.2) is 5.75 Å². The standard InChI is InChI=1S/C13H21N3O2S/c1-7-4-5-16(6-8(7)2)13-10(18-3)9(14)11(19-13)12(15)17/h7-8H,4-6,14H2,1-3H3,(H2,15,17). The summed E-state index contributed by atoms with van der Waals surface area (Å²) in [6.07, 6.45) is 1.13. The SMILES string of the molecule is COc1c(N2CCC(C)C(C)C2)sc(C(N)=O)c1N. The Morgan fingerprint density at radius 3 is 2.63 bits per heavy atom. The number of thiophene rings is 1. The van der Waals surface area contributed by atoms with Gasteiger partial charge in [-0.25, -0.2) is 0 Å². The van der Waals surface area contributed by atoms with Crippen molar-refractivity contribution in [2.24, 2.45) is 17.6 Å². The normalized spacial score (nSPS) is 23.4. The summed E-state index contributed by atoms with van der Waals surface area (Å²) in [6.45, 7) is 6.43. The number of amides is 1. The van der Waals surface area contributed by atoms with Crippen LogP contribution in [0.5, 0.6) is 5.75 Å².